The van der Waals surface area contributed by atoms with Crippen LogP contribution in [0.25, 0.3) is 0 Å². The second-order valence-electron chi connectivity index (χ2n) is 4.93. The highest BCUT2D eigenvalue weighted by atomic mass is 35.5. The van der Waals surface area contributed by atoms with Crippen molar-refractivity contribution in [1.29, 1.82) is 0 Å². The van der Waals surface area contributed by atoms with E-state index in [1.54, 1.807) is 6.07 Å². The molecule has 0 aromatic heterocycles. The van der Waals surface area contributed by atoms with Crippen molar-refractivity contribution < 1.29 is 4.74 Å². The molecule has 0 saturated heterocycles. The number of hydrogen-bond donors (Lipinski definition) is 1. The van der Waals surface area contributed by atoms with Crippen molar-refractivity contribution in [2.24, 2.45) is 0 Å². The number of benzene rings is 2. The Kier molecular flexibility index (Phi) is 5.92. The molecule has 2 aromatic rings. The summed E-state index contributed by atoms with van der Waals surface area (Å²) in [6.07, 6.45) is 0. The summed E-state index contributed by atoms with van der Waals surface area (Å²) in [5.41, 5.74) is 3.31. The van der Waals surface area contributed by atoms with Crippen molar-refractivity contribution in [3.63, 3.8) is 0 Å². The largest absolute Gasteiger partial charge is 0.487 e. The van der Waals surface area contributed by atoms with Crippen molar-refractivity contribution in [3.8, 4) is 5.75 Å². The van der Waals surface area contributed by atoms with Crippen molar-refractivity contribution >= 4 is 23.2 Å². The topological polar surface area (TPSA) is 21.3 Å². The van der Waals surface area contributed by atoms with E-state index in [9.17, 15) is 0 Å². The SMILES string of the molecule is CCNCc1cc(Cl)cc(Cl)c1OCc1cccc(C)c1. The number of ether oxygens (including phenoxy) is 1. The van der Waals surface area contributed by atoms with Crippen LogP contribution >= 0.6 is 23.2 Å². The molecule has 0 spiro atoms. The van der Waals surface area contributed by atoms with Gasteiger partial charge in [-0.25, -0.2) is 0 Å². The Morgan fingerprint density at radius 2 is 1.95 bits per heavy atom. The fraction of sp³-hybridized carbons (Fsp3) is 0.294. The zero-order valence-electron chi connectivity index (χ0n) is 12.2. The van der Waals surface area contributed by atoms with Crippen LogP contribution in [0.3, 0.4) is 0 Å². The smallest absolute Gasteiger partial charge is 0.142 e. The van der Waals surface area contributed by atoms with Gasteiger partial charge in [-0.1, -0.05) is 60.0 Å². The highest BCUT2D eigenvalue weighted by Crippen LogP contribution is 2.33. The zero-order chi connectivity index (χ0) is 15.2. The molecule has 0 amide bonds. The normalized spacial score (nSPS) is 10.7. The van der Waals surface area contributed by atoms with Gasteiger partial charge in [-0.2, -0.15) is 0 Å². The molecule has 0 fully saturated rings. The summed E-state index contributed by atoms with van der Waals surface area (Å²) in [4.78, 5) is 0. The molecule has 0 saturated carbocycles. The number of nitrogens with one attached hydrogen (secondary N) is 1. The summed E-state index contributed by atoms with van der Waals surface area (Å²) < 4.78 is 5.93. The van der Waals surface area contributed by atoms with E-state index in [2.05, 4.69) is 31.3 Å². The summed E-state index contributed by atoms with van der Waals surface area (Å²) in [6.45, 7) is 6.17. The third-order valence-electron chi connectivity index (χ3n) is 3.12. The van der Waals surface area contributed by atoms with Crippen LogP contribution in [-0.2, 0) is 13.2 Å². The fourth-order valence-electron chi connectivity index (χ4n) is 2.12. The Labute approximate surface area is 136 Å². The molecule has 0 heterocycles. The second-order valence-corrected chi connectivity index (χ2v) is 5.78. The van der Waals surface area contributed by atoms with Crippen LogP contribution in [-0.4, -0.2) is 6.54 Å². The maximum atomic E-state index is 6.27. The van der Waals surface area contributed by atoms with E-state index in [1.165, 1.54) is 5.56 Å². The van der Waals surface area contributed by atoms with Gasteiger partial charge in [0.1, 0.15) is 12.4 Å². The fourth-order valence-corrected chi connectivity index (χ4v) is 2.71. The van der Waals surface area contributed by atoms with Crippen LogP contribution in [0.5, 0.6) is 5.75 Å². The molecule has 0 radical (unpaired) electrons. The average Bonchev–Trinajstić information content (AvgIpc) is 2.44. The molecule has 0 aliphatic carbocycles. The molecule has 112 valence electrons. The minimum absolute atomic E-state index is 0.488. The lowest BCUT2D eigenvalue weighted by atomic mass is 10.1. The lowest BCUT2D eigenvalue weighted by molar-refractivity contribution is 0.302. The molecule has 4 heteroatoms. The van der Waals surface area contributed by atoms with Gasteiger partial charge >= 0.3 is 0 Å². The van der Waals surface area contributed by atoms with Gasteiger partial charge in [-0.05, 0) is 31.2 Å². The van der Waals surface area contributed by atoms with Gasteiger partial charge < -0.3 is 10.1 Å². The Balaban J connectivity index is 2.18. The van der Waals surface area contributed by atoms with Gasteiger partial charge in [0, 0.05) is 17.1 Å². The summed E-state index contributed by atoms with van der Waals surface area (Å²) in [5, 5.41) is 4.44. The molecule has 2 aromatic carbocycles. The first-order chi connectivity index (χ1) is 10.1. The molecular weight excluding hydrogens is 305 g/mol. The van der Waals surface area contributed by atoms with E-state index in [1.807, 2.05) is 18.2 Å². The van der Waals surface area contributed by atoms with Gasteiger partial charge in [0.2, 0.25) is 0 Å². The number of aryl methyl sites for hydroxylation is 1. The van der Waals surface area contributed by atoms with E-state index in [4.69, 9.17) is 27.9 Å². The summed E-state index contributed by atoms with van der Waals surface area (Å²) in [6, 6.07) is 11.8. The maximum absolute atomic E-state index is 6.27. The highest BCUT2D eigenvalue weighted by Gasteiger charge is 2.11. The number of halogens is 2. The maximum Gasteiger partial charge on any atom is 0.142 e. The lowest BCUT2D eigenvalue weighted by Gasteiger charge is -2.14. The van der Waals surface area contributed by atoms with Crippen LogP contribution in [0.15, 0.2) is 36.4 Å². The Hall–Kier alpha value is -1.22. The predicted molar refractivity (Wildman–Crippen MR) is 89.4 cm³/mol. The van der Waals surface area contributed by atoms with E-state index in [0.717, 1.165) is 17.7 Å². The number of hydrogen-bond acceptors (Lipinski definition) is 2. The molecule has 2 rings (SSSR count). The molecule has 0 aliphatic heterocycles. The monoisotopic (exact) mass is 323 g/mol. The molecule has 0 atom stereocenters. The predicted octanol–water partition coefficient (Wildman–Crippen LogP) is 4.99. The van der Waals surface area contributed by atoms with Crippen LogP contribution in [0.1, 0.15) is 23.6 Å². The van der Waals surface area contributed by atoms with E-state index < -0.39 is 0 Å². The van der Waals surface area contributed by atoms with Crippen molar-refractivity contribution in [3.05, 3.63) is 63.1 Å². The Morgan fingerprint density at radius 1 is 1.14 bits per heavy atom. The molecule has 0 unspecified atom stereocenters. The van der Waals surface area contributed by atoms with Crippen molar-refractivity contribution in [2.45, 2.75) is 27.0 Å². The molecule has 21 heavy (non-hydrogen) atoms. The lowest BCUT2D eigenvalue weighted by Crippen LogP contribution is -2.13. The third-order valence-corrected chi connectivity index (χ3v) is 3.62. The minimum Gasteiger partial charge on any atom is -0.487 e. The minimum atomic E-state index is 0.488. The highest BCUT2D eigenvalue weighted by molar-refractivity contribution is 6.35. The van der Waals surface area contributed by atoms with Crippen LogP contribution in [0.2, 0.25) is 10.0 Å². The molecule has 1 N–H and O–H groups in total. The molecular formula is C17H19Cl2NO. The average molecular weight is 324 g/mol. The summed E-state index contributed by atoms with van der Waals surface area (Å²) >= 11 is 12.3. The Bertz CT molecular complexity index is 614. The molecule has 0 bridgehead atoms. The number of rotatable bonds is 6. The van der Waals surface area contributed by atoms with Crippen LogP contribution in [0.4, 0.5) is 0 Å². The Morgan fingerprint density at radius 3 is 2.67 bits per heavy atom. The van der Waals surface area contributed by atoms with Crippen molar-refractivity contribution in [1.82, 2.24) is 5.32 Å². The first kappa shape index (κ1) is 16.2. The van der Waals surface area contributed by atoms with E-state index in [-0.39, 0.29) is 0 Å². The second kappa shape index (κ2) is 7.69. The third kappa shape index (κ3) is 4.63. The standard InChI is InChI=1S/C17H19Cl2NO/c1-3-20-10-14-8-15(18)9-16(19)17(14)21-11-13-6-4-5-12(2)7-13/h4-9,20H,3,10-11H2,1-2H3. The van der Waals surface area contributed by atoms with Crippen LogP contribution in [0, 0.1) is 6.92 Å². The first-order valence-electron chi connectivity index (χ1n) is 6.97. The zero-order valence-corrected chi connectivity index (χ0v) is 13.8. The van der Waals surface area contributed by atoms with Crippen LogP contribution < -0.4 is 10.1 Å². The first-order valence-corrected chi connectivity index (χ1v) is 7.72. The van der Waals surface area contributed by atoms with Gasteiger partial charge in [0.25, 0.3) is 0 Å². The van der Waals surface area contributed by atoms with Crippen molar-refractivity contribution in [2.75, 3.05) is 6.54 Å². The summed E-state index contributed by atoms with van der Waals surface area (Å²) in [5.74, 6) is 0.698. The van der Waals surface area contributed by atoms with Gasteiger partial charge in [-0.15, -0.1) is 0 Å². The van der Waals surface area contributed by atoms with Gasteiger partial charge in [0.15, 0.2) is 0 Å². The quantitative estimate of drug-likeness (QED) is 0.808. The van der Waals surface area contributed by atoms with E-state index in [0.29, 0.717) is 28.9 Å². The van der Waals surface area contributed by atoms with E-state index >= 15 is 0 Å². The van der Waals surface area contributed by atoms with Gasteiger partial charge in [0.05, 0.1) is 5.02 Å². The van der Waals surface area contributed by atoms with Gasteiger partial charge in [-0.3, -0.25) is 0 Å². The molecule has 0 aliphatic rings. The summed E-state index contributed by atoms with van der Waals surface area (Å²) in [7, 11) is 0. The molecule has 2 nitrogen and oxygen atoms in total.